The van der Waals surface area contributed by atoms with E-state index in [0.29, 0.717) is 5.41 Å². The Balaban J connectivity index is 3.04. The van der Waals surface area contributed by atoms with Crippen molar-refractivity contribution in [2.75, 3.05) is 18.5 Å². The van der Waals surface area contributed by atoms with Gasteiger partial charge in [0.05, 0.1) is 6.61 Å². The van der Waals surface area contributed by atoms with Crippen molar-refractivity contribution in [2.45, 2.75) is 27.2 Å². The minimum Gasteiger partial charge on any atom is -0.381 e. The van der Waals surface area contributed by atoms with E-state index < -0.39 is 0 Å². The summed E-state index contributed by atoms with van der Waals surface area (Å²) < 4.78 is 5.31. The van der Waals surface area contributed by atoms with Crippen molar-refractivity contribution in [1.82, 2.24) is 0 Å². The number of rotatable bonds is 4. The van der Waals surface area contributed by atoms with Gasteiger partial charge in [-0.1, -0.05) is 36.7 Å². The minimum atomic E-state index is 0.409. The molecule has 1 nitrogen and oxygen atoms in total. The molecule has 2 heteroatoms. The van der Waals surface area contributed by atoms with E-state index in [1.807, 2.05) is 0 Å². The third-order valence-corrected chi connectivity index (χ3v) is 1.54. The lowest BCUT2D eigenvalue weighted by atomic mass is 9.93. The summed E-state index contributed by atoms with van der Waals surface area (Å²) in [6.45, 7) is 8.39. The summed E-state index contributed by atoms with van der Waals surface area (Å²) in [4.78, 5) is 0. The second-order valence-corrected chi connectivity index (χ2v) is 4.41. The van der Waals surface area contributed by atoms with Crippen LogP contribution in [0.3, 0.4) is 0 Å². The SMILES string of the molecule is CC(C)(C)CCOCCBr. The highest BCUT2D eigenvalue weighted by Gasteiger charge is 2.08. The van der Waals surface area contributed by atoms with Gasteiger partial charge in [-0.25, -0.2) is 0 Å². The van der Waals surface area contributed by atoms with E-state index >= 15 is 0 Å². The Hall–Kier alpha value is 0.440. The fourth-order valence-electron chi connectivity index (χ4n) is 0.535. The van der Waals surface area contributed by atoms with Crippen molar-refractivity contribution in [3.63, 3.8) is 0 Å². The predicted molar refractivity (Wildman–Crippen MR) is 48.7 cm³/mol. The fraction of sp³-hybridized carbons (Fsp3) is 1.00. The van der Waals surface area contributed by atoms with Crippen LogP contribution in [-0.4, -0.2) is 18.5 Å². The Bertz CT molecular complexity index is 75.8. The van der Waals surface area contributed by atoms with Gasteiger partial charge in [0.25, 0.3) is 0 Å². The second kappa shape index (κ2) is 5.14. The van der Waals surface area contributed by atoms with Crippen LogP contribution in [0.2, 0.25) is 0 Å². The molecule has 0 heterocycles. The molecule has 0 unspecified atom stereocenters. The molecule has 62 valence electrons. The van der Waals surface area contributed by atoms with Crippen molar-refractivity contribution in [2.24, 2.45) is 5.41 Å². The molecule has 0 N–H and O–H groups in total. The highest BCUT2D eigenvalue weighted by atomic mass is 79.9. The largest absolute Gasteiger partial charge is 0.381 e. The van der Waals surface area contributed by atoms with Gasteiger partial charge in [0.1, 0.15) is 0 Å². The lowest BCUT2D eigenvalue weighted by molar-refractivity contribution is 0.122. The van der Waals surface area contributed by atoms with Crippen LogP contribution >= 0.6 is 15.9 Å². The van der Waals surface area contributed by atoms with Crippen molar-refractivity contribution in [3.05, 3.63) is 0 Å². The van der Waals surface area contributed by atoms with E-state index in [1.165, 1.54) is 0 Å². The smallest absolute Gasteiger partial charge is 0.0563 e. The van der Waals surface area contributed by atoms with Gasteiger partial charge in [-0.05, 0) is 11.8 Å². The van der Waals surface area contributed by atoms with Gasteiger partial charge in [-0.2, -0.15) is 0 Å². The van der Waals surface area contributed by atoms with Crippen LogP contribution < -0.4 is 0 Å². The molecule has 0 radical (unpaired) electrons. The molecule has 0 aliphatic carbocycles. The highest BCUT2D eigenvalue weighted by molar-refractivity contribution is 9.09. The van der Waals surface area contributed by atoms with Crippen molar-refractivity contribution < 1.29 is 4.74 Å². The zero-order chi connectivity index (χ0) is 8.04. The van der Waals surface area contributed by atoms with Gasteiger partial charge in [-0.15, -0.1) is 0 Å². The molecular weight excluding hydrogens is 192 g/mol. The minimum absolute atomic E-state index is 0.409. The molecule has 0 aromatic carbocycles. The fourth-order valence-corrected chi connectivity index (χ4v) is 0.764. The third kappa shape index (κ3) is 8.44. The molecule has 0 aliphatic heterocycles. The van der Waals surface area contributed by atoms with Crippen molar-refractivity contribution >= 4 is 15.9 Å². The lowest BCUT2D eigenvalue weighted by Gasteiger charge is -2.17. The summed E-state index contributed by atoms with van der Waals surface area (Å²) in [5, 5.41) is 0.942. The molecule has 0 spiro atoms. The summed E-state index contributed by atoms with van der Waals surface area (Å²) in [5.41, 5.74) is 0.409. The Morgan fingerprint density at radius 2 is 1.80 bits per heavy atom. The van der Waals surface area contributed by atoms with Crippen LogP contribution in [0.1, 0.15) is 27.2 Å². The molecule has 0 saturated carbocycles. The second-order valence-electron chi connectivity index (χ2n) is 3.61. The Kier molecular flexibility index (Phi) is 5.36. The Morgan fingerprint density at radius 3 is 2.20 bits per heavy atom. The first kappa shape index (κ1) is 10.4. The van der Waals surface area contributed by atoms with E-state index in [2.05, 4.69) is 36.7 Å². The van der Waals surface area contributed by atoms with E-state index in [4.69, 9.17) is 4.74 Å². The molecule has 0 aromatic heterocycles. The molecule has 0 aromatic rings. The molecule has 0 atom stereocenters. The summed E-state index contributed by atoms with van der Waals surface area (Å²) in [7, 11) is 0. The number of ether oxygens (including phenoxy) is 1. The summed E-state index contributed by atoms with van der Waals surface area (Å²) in [5.74, 6) is 0. The van der Waals surface area contributed by atoms with E-state index in [0.717, 1.165) is 25.0 Å². The van der Waals surface area contributed by atoms with Crippen molar-refractivity contribution in [3.8, 4) is 0 Å². The molecule has 0 saturated heterocycles. The Morgan fingerprint density at radius 1 is 1.20 bits per heavy atom. The molecule has 0 rings (SSSR count). The maximum absolute atomic E-state index is 5.31. The van der Waals surface area contributed by atoms with E-state index in [-0.39, 0.29) is 0 Å². The summed E-state index contributed by atoms with van der Waals surface area (Å²) in [6, 6.07) is 0. The molecule has 0 fully saturated rings. The quantitative estimate of drug-likeness (QED) is 0.511. The van der Waals surface area contributed by atoms with Crippen LogP contribution in [0.4, 0.5) is 0 Å². The highest BCUT2D eigenvalue weighted by Crippen LogP contribution is 2.17. The van der Waals surface area contributed by atoms with Gasteiger partial charge in [0.15, 0.2) is 0 Å². The third-order valence-electron chi connectivity index (χ3n) is 1.22. The Labute approximate surface area is 72.3 Å². The van der Waals surface area contributed by atoms with Gasteiger partial charge in [0, 0.05) is 11.9 Å². The zero-order valence-corrected chi connectivity index (χ0v) is 8.70. The lowest BCUT2D eigenvalue weighted by Crippen LogP contribution is -2.10. The first-order chi connectivity index (χ1) is 4.56. The molecule has 10 heavy (non-hydrogen) atoms. The van der Waals surface area contributed by atoms with Crippen LogP contribution in [0, 0.1) is 5.41 Å². The van der Waals surface area contributed by atoms with Crippen molar-refractivity contribution in [1.29, 1.82) is 0 Å². The van der Waals surface area contributed by atoms with E-state index in [1.54, 1.807) is 0 Å². The topological polar surface area (TPSA) is 9.23 Å². The van der Waals surface area contributed by atoms with Crippen LogP contribution in [0.15, 0.2) is 0 Å². The average molecular weight is 209 g/mol. The summed E-state index contributed by atoms with van der Waals surface area (Å²) in [6.07, 6.45) is 1.14. The average Bonchev–Trinajstić information content (AvgIpc) is 1.78. The molecule has 0 aliphatic rings. The first-order valence-electron chi connectivity index (χ1n) is 3.70. The van der Waals surface area contributed by atoms with Crippen LogP contribution in [-0.2, 0) is 4.74 Å². The van der Waals surface area contributed by atoms with Crippen LogP contribution in [0.25, 0.3) is 0 Å². The van der Waals surface area contributed by atoms with Gasteiger partial charge >= 0.3 is 0 Å². The standard InChI is InChI=1S/C8H17BrO/c1-8(2,3)4-6-10-7-5-9/h4-7H2,1-3H3. The van der Waals surface area contributed by atoms with Gasteiger partial charge in [-0.3, -0.25) is 0 Å². The monoisotopic (exact) mass is 208 g/mol. The maximum atomic E-state index is 5.31. The number of hydrogen-bond donors (Lipinski definition) is 0. The predicted octanol–water partition coefficient (Wildman–Crippen LogP) is 2.83. The molecule has 0 bridgehead atoms. The molecule has 0 amide bonds. The van der Waals surface area contributed by atoms with E-state index in [9.17, 15) is 0 Å². The molecular formula is C8H17BrO. The van der Waals surface area contributed by atoms with Gasteiger partial charge < -0.3 is 4.74 Å². The maximum Gasteiger partial charge on any atom is 0.0563 e. The number of hydrogen-bond acceptors (Lipinski definition) is 1. The number of halogens is 1. The summed E-state index contributed by atoms with van der Waals surface area (Å²) >= 11 is 3.31. The van der Waals surface area contributed by atoms with Crippen LogP contribution in [0.5, 0.6) is 0 Å². The first-order valence-corrected chi connectivity index (χ1v) is 4.82. The van der Waals surface area contributed by atoms with Gasteiger partial charge in [0.2, 0.25) is 0 Å². The number of alkyl halides is 1. The normalized spacial score (nSPS) is 12.0. The zero-order valence-electron chi connectivity index (χ0n) is 7.11.